The summed E-state index contributed by atoms with van der Waals surface area (Å²) in [4.78, 5) is 11.9. The van der Waals surface area contributed by atoms with Gasteiger partial charge in [-0.15, -0.1) is 0 Å². The summed E-state index contributed by atoms with van der Waals surface area (Å²) in [5.74, 6) is 0.177. The summed E-state index contributed by atoms with van der Waals surface area (Å²) in [7, 11) is 0. The van der Waals surface area contributed by atoms with E-state index in [9.17, 15) is 4.79 Å². The zero-order chi connectivity index (χ0) is 13.8. The molecule has 0 radical (unpaired) electrons. The highest BCUT2D eigenvalue weighted by molar-refractivity contribution is 5.93. The molecule has 2 aromatic rings. The third-order valence-electron chi connectivity index (χ3n) is 3.02. The van der Waals surface area contributed by atoms with Gasteiger partial charge in [-0.25, -0.2) is 4.79 Å². The first kappa shape index (κ1) is 13.5. The van der Waals surface area contributed by atoms with Crippen LogP contribution in [0.5, 0.6) is 0 Å². The van der Waals surface area contributed by atoms with Crippen molar-refractivity contribution in [2.75, 3.05) is 12.3 Å². The molecule has 0 amide bonds. The normalized spacial score (nSPS) is 12.5. The summed E-state index contributed by atoms with van der Waals surface area (Å²) in [6, 6.07) is 6.93. The first-order chi connectivity index (χ1) is 9.10. The fourth-order valence-electron chi connectivity index (χ4n) is 2.03. The molecule has 0 fully saturated rings. The van der Waals surface area contributed by atoms with Crippen LogP contribution in [0.3, 0.4) is 0 Å². The molecule has 0 aliphatic heterocycles. The van der Waals surface area contributed by atoms with E-state index < -0.39 is 5.97 Å². The Morgan fingerprint density at radius 1 is 1.42 bits per heavy atom. The van der Waals surface area contributed by atoms with Gasteiger partial charge in [-0.2, -0.15) is 0 Å². The van der Waals surface area contributed by atoms with Gasteiger partial charge in [0.25, 0.3) is 0 Å². The van der Waals surface area contributed by atoms with Gasteiger partial charge in [-0.3, -0.25) is 0 Å². The number of rotatable bonds is 5. The molecule has 0 aliphatic rings. The third-order valence-corrected chi connectivity index (χ3v) is 3.02. The molecule has 0 aliphatic carbocycles. The Labute approximate surface area is 112 Å². The second kappa shape index (κ2) is 5.78. The van der Waals surface area contributed by atoms with Crippen LogP contribution in [0, 0.1) is 5.92 Å². The van der Waals surface area contributed by atoms with Gasteiger partial charge in [-0.05, 0) is 36.6 Å². The molecule has 4 nitrogen and oxygen atoms in total. The topological polar surface area (TPSA) is 65.5 Å². The fraction of sp³-hybridized carbons (Fsp3) is 0.400. The Kier molecular flexibility index (Phi) is 4.10. The third kappa shape index (κ3) is 3.28. The number of ether oxygens (including phenoxy) is 1. The van der Waals surface area contributed by atoms with E-state index in [1.54, 1.807) is 24.3 Å². The highest BCUT2D eigenvalue weighted by Gasteiger charge is 2.15. The summed E-state index contributed by atoms with van der Waals surface area (Å²) in [5.41, 5.74) is 6.97. The van der Waals surface area contributed by atoms with E-state index >= 15 is 0 Å². The molecule has 102 valence electrons. The van der Waals surface area contributed by atoms with Gasteiger partial charge in [0.1, 0.15) is 5.58 Å². The summed E-state index contributed by atoms with van der Waals surface area (Å²) in [6.07, 6.45) is 2.13. The Balaban J connectivity index is 2.05. The lowest BCUT2D eigenvalue weighted by Crippen LogP contribution is -2.11. The van der Waals surface area contributed by atoms with E-state index in [0.29, 0.717) is 23.8 Å². The predicted octanol–water partition coefficient (Wildman–Crippen LogP) is 3.61. The molecule has 1 heterocycles. The van der Waals surface area contributed by atoms with Gasteiger partial charge < -0.3 is 14.9 Å². The zero-order valence-corrected chi connectivity index (χ0v) is 11.3. The van der Waals surface area contributed by atoms with E-state index in [1.165, 1.54) is 0 Å². The molecular weight excluding hydrogens is 242 g/mol. The molecule has 1 atom stereocenters. The SMILES string of the molecule is CCCC(C)COC(=O)c1cc2cc(N)ccc2o1. The van der Waals surface area contributed by atoms with Crippen molar-refractivity contribution in [3.63, 3.8) is 0 Å². The number of nitrogen functional groups attached to an aromatic ring is 1. The Bertz CT molecular complexity index is 574. The Hall–Kier alpha value is -1.97. The predicted molar refractivity (Wildman–Crippen MR) is 75.0 cm³/mol. The maximum absolute atomic E-state index is 11.9. The molecule has 0 bridgehead atoms. The van der Waals surface area contributed by atoms with Crippen molar-refractivity contribution >= 4 is 22.6 Å². The van der Waals surface area contributed by atoms with Crippen LogP contribution in [0.15, 0.2) is 28.7 Å². The number of esters is 1. The van der Waals surface area contributed by atoms with Gasteiger partial charge in [0.15, 0.2) is 0 Å². The number of hydrogen-bond acceptors (Lipinski definition) is 4. The molecule has 2 rings (SSSR count). The van der Waals surface area contributed by atoms with Crippen molar-refractivity contribution in [1.82, 2.24) is 0 Å². The maximum atomic E-state index is 11.9. The first-order valence-corrected chi connectivity index (χ1v) is 6.56. The standard InChI is InChI=1S/C15H19NO3/c1-3-4-10(2)9-18-15(17)14-8-11-7-12(16)5-6-13(11)19-14/h5-8,10H,3-4,9,16H2,1-2H3. The van der Waals surface area contributed by atoms with Crippen molar-refractivity contribution in [2.45, 2.75) is 26.7 Å². The number of nitrogens with two attached hydrogens (primary N) is 1. The molecule has 0 saturated carbocycles. The minimum Gasteiger partial charge on any atom is -0.460 e. The average molecular weight is 261 g/mol. The highest BCUT2D eigenvalue weighted by atomic mass is 16.5. The number of furan rings is 1. The van der Waals surface area contributed by atoms with Crippen LogP contribution in [0.2, 0.25) is 0 Å². The average Bonchev–Trinajstić information content (AvgIpc) is 2.79. The van der Waals surface area contributed by atoms with Crippen LogP contribution in [0.25, 0.3) is 11.0 Å². The van der Waals surface area contributed by atoms with Crippen molar-refractivity contribution in [1.29, 1.82) is 0 Å². The Morgan fingerprint density at radius 3 is 2.95 bits per heavy atom. The van der Waals surface area contributed by atoms with Crippen molar-refractivity contribution in [3.8, 4) is 0 Å². The monoisotopic (exact) mass is 261 g/mol. The molecular formula is C15H19NO3. The van der Waals surface area contributed by atoms with Crippen LogP contribution in [-0.2, 0) is 4.74 Å². The zero-order valence-electron chi connectivity index (χ0n) is 11.3. The number of carbonyl (C=O) groups is 1. The van der Waals surface area contributed by atoms with Crippen LogP contribution in [-0.4, -0.2) is 12.6 Å². The van der Waals surface area contributed by atoms with Crippen LogP contribution in [0.4, 0.5) is 5.69 Å². The molecule has 1 aromatic carbocycles. The van der Waals surface area contributed by atoms with E-state index in [1.807, 2.05) is 0 Å². The van der Waals surface area contributed by atoms with E-state index in [4.69, 9.17) is 14.9 Å². The van der Waals surface area contributed by atoms with Crippen molar-refractivity contribution in [2.24, 2.45) is 5.92 Å². The van der Waals surface area contributed by atoms with Crippen molar-refractivity contribution in [3.05, 3.63) is 30.0 Å². The Morgan fingerprint density at radius 2 is 2.21 bits per heavy atom. The summed E-state index contributed by atoms with van der Waals surface area (Å²) >= 11 is 0. The smallest absolute Gasteiger partial charge is 0.374 e. The number of benzene rings is 1. The first-order valence-electron chi connectivity index (χ1n) is 6.56. The second-order valence-electron chi connectivity index (χ2n) is 4.90. The van der Waals surface area contributed by atoms with Crippen LogP contribution >= 0.6 is 0 Å². The number of fused-ring (bicyclic) bond motifs is 1. The molecule has 0 saturated heterocycles. The lowest BCUT2D eigenvalue weighted by atomic mass is 10.1. The number of anilines is 1. The minimum atomic E-state index is -0.419. The highest BCUT2D eigenvalue weighted by Crippen LogP contribution is 2.22. The molecule has 0 spiro atoms. The number of carbonyl (C=O) groups excluding carboxylic acids is 1. The summed E-state index contributed by atoms with van der Waals surface area (Å²) in [6.45, 7) is 4.60. The van der Waals surface area contributed by atoms with E-state index in [2.05, 4.69) is 13.8 Å². The van der Waals surface area contributed by atoms with Crippen LogP contribution in [0.1, 0.15) is 37.2 Å². The van der Waals surface area contributed by atoms with Gasteiger partial charge in [0.05, 0.1) is 6.61 Å². The fourth-order valence-corrected chi connectivity index (χ4v) is 2.03. The molecule has 2 N–H and O–H groups in total. The summed E-state index contributed by atoms with van der Waals surface area (Å²) < 4.78 is 10.7. The quantitative estimate of drug-likeness (QED) is 0.659. The maximum Gasteiger partial charge on any atom is 0.374 e. The molecule has 1 unspecified atom stereocenters. The molecule has 19 heavy (non-hydrogen) atoms. The minimum absolute atomic E-state index is 0.226. The van der Waals surface area contributed by atoms with E-state index in [-0.39, 0.29) is 5.76 Å². The molecule has 4 heteroatoms. The number of hydrogen-bond donors (Lipinski definition) is 1. The largest absolute Gasteiger partial charge is 0.460 e. The van der Waals surface area contributed by atoms with Gasteiger partial charge in [0, 0.05) is 11.1 Å². The van der Waals surface area contributed by atoms with Gasteiger partial charge >= 0.3 is 5.97 Å². The van der Waals surface area contributed by atoms with Crippen molar-refractivity contribution < 1.29 is 13.9 Å². The van der Waals surface area contributed by atoms with E-state index in [0.717, 1.165) is 18.2 Å². The van der Waals surface area contributed by atoms with Crippen LogP contribution < -0.4 is 5.73 Å². The second-order valence-corrected chi connectivity index (χ2v) is 4.90. The van der Waals surface area contributed by atoms with Gasteiger partial charge in [-0.1, -0.05) is 20.3 Å². The lowest BCUT2D eigenvalue weighted by Gasteiger charge is -2.09. The van der Waals surface area contributed by atoms with Gasteiger partial charge in [0.2, 0.25) is 5.76 Å². The summed E-state index contributed by atoms with van der Waals surface area (Å²) in [5, 5.41) is 0.813. The molecule has 1 aromatic heterocycles. The lowest BCUT2D eigenvalue weighted by molar-refractivity contribution is 0.0410.